The van der Waals surface area contributed by atoms with Crippen molar-refractivity contribution in [1.29, 1.82) is 0 Å². The summed E-state index contributed by atoms with van der Waals surface area (Å²) in [6, 6.07) is 0. The van der Waals surface area contributed by atoms with Crippen LogP contribution in [-0.2, 0) is 9.53 Å². The van der Waals surface area contributed by atoms with Gasteiger partial charge in [0.2, 0.25) is 0 Å². The van der Waals surface area contributed by atoms with Crippen molar-refractivity contribution in [3.05, 3.63) is 0 Å². The molecule has 2 aliphatic rings. The average Bonchev–Trinajstić information content (AvgIpc) is 2.51. The molecule has 2 heterocycles. The molecule has 1 atom stereocenters. The number of hydrogen-bond acceptors (Lipinski definition) is 3. The topological polar surface area (TPSA) is 58.6 Å². The molecule has 2 fully saturated rings. The van der Waals surface area contributed by atoms with E-state index in [4.69, 9.17) is 9.84 Å². The smallest absolute Gasteiger partial charge is 0.308 e. The molecule has 0 saturated carbocycles. The van der Waals surface area contributed by atoms with Crippen molar-refractivity contribution < 1.29 is 14.6 Å². The SMILES string of the molecule is Cl.O=C(O)C1COC2(CCNCC2)C1. The first kappa shape index (κ1) is 11.8. The van der Waals surface area contributed by atoms with Crippen molar-refractivity contribution in [1.82, 2.24) is 5.32 Å². The Labute approximate surface area is 89.4 Å². The number of carboxylic acids is 1. The van der Waals surface area contributed by atoms with Crippen LogP contribution < -0.4 is 5.32 Å². The summed E-state index contributed by atoms with van der Waals surface area (Å²) < 4.78 is 5.63. The van der Waals surface area contributed by atoms with Crippen molar-refractivity contribution in [2.45, 2.75) is 24.9 Å². The Balaban J connectivity index is 0.000000980. The second-order valence-electron chi connectivity index (χ2n) is 3.98. The second-order valence-corrected chi connectivity index (χ2v) is 3.98. The van der Waals surface area contributed by atoms with Crippen LogP contribution in [0.4, 0.5) is 0 Å². The summed E-state index contributed by atoms with van der Waals surface area (Å²) in [6.07, 6.45) is 2.61. The van der Waals surface area contributed by atoms with Crippen LogP contribution >= 0.6 is 12.4 Å². The van der Waals surface area contributed by atoms with Gasteiger partial charge in [-0.1, -0.05) is 0 Å². The summed E-state index contributed by atoms with van der Waals surface area (Å²) in [5.74, 6) is -0.992. The van der Waals surface area contributed by atoms with E-state index in [0.29, 0.717) is 13.0 Å². The number of nitrogens with one attached hydrogen (secondary N) is 1. The third kappa shape index (κ3) is 2.19. The van der Waals surface area contributed by atoms with Crippen molar-refractivity contribution in [3.8, 4) is 0 Å². The fraction of sp³-hybridized carbons (Fsp3) is 0.889. The molecule has 0 aromatic rings. The zero-order valence-electron chi connectivity index (χ0n) is 7.99. The van der Waals surface area contributed by atoms with E-state index in [1.54, 1.807) is 0 Å². The quantitative estimate of drug-likeness (QED) is 0.683. The number of rotatable bonds is 1. The van der Waals surface area contributed by atoms with Crippen LogP contribution in [0.15, 0.2) is 0 Å². The summed E-state index contributed by atoms with van der Waals surface area (Å²) in [4.78, 5) is 10.7. The highest BCUT2D eigenvalue weighted by Gasteiger charge is 2.43. The number of carboxylic acid groups (broad SMARTS) is 1. The van der Waals surface area contributed by atoms with Crippen molar-refractivity contribution >= 4 is 18.4 Å². The van der Waals surface area contributed by atoms with Gasteiger partial charge in [-0.05, 0) is 32.4 Å². The number of halogens is 1. The van der Waals surface area contributed by atoms with Crippen LogP contribution in [0.25, 0.3) is 0 Å². The lowest BCUT2D eigenvalue weighted by Gasteiger charge is -2.32. The van der Waals surface area contributed by atoms with Crippen molar-refractivity contribution in [2.24, 2.45) is 5.92 Å². The first-order valence-electron chi connectivity index (χ1n) is 4.79. The van der Waals surface area contributed by atoms with Gasteiger partial charge in [-0.3, -0.25) is 4.79 Å². The Bertz CT molecular complexity index is 216. The Morgan fingerprint density at radius 2 is 2.07 bits per heavy atom. The maximum atomic E-state index is 10.7. The minimum absolute atomic E-state index is 0. The van der Waals surface area contributed by atoms with Gasteiger partial charge in [-0.2, -0.15) is 0 Å². The summed E-state index contributed by atoms with van der Waals surface area (Å²) in [5.41, 5.74) is -0.117. The van der Waals surface area contributed by atoms with Gasteiger partial charge in [0.25, 0.3) is 0 Å². The Kier molecular flexibility index (Phi) is 3.75. The van der Waals surface area contributed by atoms with E-state index in [0.717, 1.165) is 25.9 Å². The van der Waals surface area contributed by atoms with E-state index in [1.165, 1.54) is 0 Å². The molecule has 0 bridgehead atoms. The zero-order valence-corrected chi connectivity index (χ0v) is 8.81. The average molecular weight is 222 g/mol. The van der Waals surface area contributed by atoms with Crippen molar-refractivity contribution in [2.75, 3.05) is 19.7 Å². The minimum atomic E-state index is -0.713. The van der Waals surface area contributed by atoms with E-state index >= 15 is 0 Å². The van der Waals surface area contributed by atoms with Crippen LogP contribution in [-0.4, -0.2) is 36.4 Å². The fourth-order valence-electron chi connectivity index (χ4n) is 2.23. The molecule has 1 unspecified atom stereocenters. The van der Waals surface area contributed by atoms with Crippen molar-refractivity contribution in [3.63, 3.8) is 0 Å². The number of carbonyl (C=O) groups is 1. The summed E-state index contributed by atoms with van der Waals surface area (Å²) in [7, 11) is 0. The van der Waals surface area contributed by atoms with Gasteiger partial charge in [0.1, 0.15) is 0 Å². The normalized spacial score (nSPS) is 29.9. The Morgan fingerprint density at radius 1 is 1.43 bits per heavy atom. The predicted octanol–water partition coefficient (Wildman–Crippen LogP) is 0.651. The molecular formula is C9H16ClNO3. The maximum Gasteiger partial charge on any atom is 0.308 e. The van der Waals surface area contributed by atoms with E-state index in [1.807, 2.05) is 0 Å². The molecule has 0 aliphatic carbocycles. The molecular weight excluding hydrogens is 206 g/mol. The van der Waals surface area contributed by atoms with Gasteiger partial charge in [0.05, 0.1) is 18.1 Å². The van der Waals surface area contributed by atoms with Gasteiger partial charge in [-0.15, -0.1) is 12.4 Å². The van der Waals surface area contributed by atoms with Gasteiger partial charge >= 0.3 is 5.97 Å². The second kappa shape index (κ2) is 4.47. The molecule has 2 saturated heterocycles. The highest BCUT2D eigenvalue weighted by molar-refractivity contribution is 5.85. The number of ether oxygens (including phenoxy) is 1. The van der Waals surface area contributed by atoms with Gasteiger partial charge in [0.15, 0.2) is 0 Å². The van der Waals surface area contributed by atoms with Crippen LogP contribution in [0.5, 0.6) is 0 Å². The molecule has 2 rings (SSSR count). The molecule has 2 aliphatic heterocycles. The largest absolute Gasteiger partial charge is 0.481 e. The Morgan fingerprint density at radius 3 is 2.57 bits per heavy atom. The number of piperidine rings is 1. The van der Waals surface area contributed by atoms with Crippen LogP contribution in [0.3, 0.4) is 0 Å². The zero-order chi connectivity index (χ0) is 9.31. The summed E-state index contributed by atoms with van der Waals surface area (Å²) in [6.45, 7) is 2.30. The maximum absolute atomic E-state index is 10.7. The molecule has 0 aromatic heterocycles. The lowest BCUT2D eigenvalue weighted by atomic mass is 9.86. The molecule has 0 amide bonds. The van der Waals surface area contributed by atoms with Crippen LogP contribution in [0.1, 0.15) is 19.3 Å². The minimum Gasteiger partial charge on any atom is -0.481 e. The van der Waals surface area contributed by atoms with E-state index in [9.17, 15) is 4.79 Å². The molecule has 2 N–H and O–H groups in total. The third-order valence-corrected chi connectivity index (χ3v) is 3.07. The third-order valence-electron chi connectivity index (χ3n) is 3.07. The molecule has 5 heteroatoms. The lowest BCUT2D eigenvalue weighted by Crippen LogP contribution is -2.41. The van der Waals surface area contributed by atoms with Crippen LogP contribution in [0, 0.1) is 5.92 Å². The van der Waals surface area contributed by atoms with E-state index < -0.39 is 5.97 Å². The lowest BCUT2D eigenvalue weighted by molar-refractivity contribution is -0.141. The summed E-state index contributed by atoms with van der Waals surface area (Å²) >= 11 is 0. The van der Waals surface area contributed by atoms with E-state index in [-0.39, 0.29) is 23.9 Å². The number of hydrogen-bond donors (Lipinski definition) is 2. The molecule has 4 nitrogen and oxygen atoms in total. The van der Waals surface area contributed by atoms with Crippen LogP contribution in [0.2, 0.25) is 0 Å². The summed E-state index contributed by atoms with van der Waals surface area (Å²) in [5, 5.41) is 12.1. The fourth-order valence-corrected chi connectivity index (χ4v) is 2.23. The standard InChI is InChI=1S/C9H15NO3.ClH/c11-8(12)7-5-9(13-6-7)1-3-10-4-2-9;/h7,10H,1-6H2,(H,11,12);1H. The Hall–Kier alpha value is -0.320. The predicted molar refractivity (Wildman–Crippen MR) is 53.8 cm³/mol. The highest BCUT2D eigenvalue weighted by atomic mass is 35.5. The van der Waals surface area contributed by atoms with Gasteiger partial charge in [-0.25, -0.2) is 0 Å². The molecule has 0 radical (unpaired) electrons. The molecule has 1 spiro atoms. The molecule has 0 aromatic carbocycles. The monoisotopic (exact) mass is 221 g/mol. The first-order chi connectivity index (χ1) is 6.22. The number of aliphatic carboxylic acids is 1. The van der Waals surface area contributed by atoms with E-state index in [2.05, 4.69) is 5.32 Å². The molecule has 82 valence electrons. The highest BCUT2D eigenvalue weighted by Crippen LogP contribution is 2.36. The van der Waals surface area contributed by atoms with Gasteiger partial charge < -0.3 is 15.2 Å². The molecule has 14 heavy (non-hydrogen) atoms. The first-order valence-corrected chi connectivity index (χ1v) is 4.79. The van der Waals surface area contributed by atoms with Gasteiger partial charge in [0, 0.05) is 0 Å².